The summed E-state index contributed by atoms with van der Waals surface area (Å²) in [5.41, 5.74) is 0.994. The molecule has 1 heterocycles. The molecule has 0 saturated carbocycles. The highest BCUT2D eigenvalue weighted by Crippen LogP contribution is 2.31. The highest BCUT2D eigenvalue weighted by atomic mass is 79.9. The Bertz CT molecular complexity index is 576. The van der Waals surface area contributed by atoms with Gasteiger partial charge < -0.3 is 5.32 Å². The number of hydrogen-bond donors (Lipinski definition) is 1. The fourth-order valence-electron chi connectivity index (χ4n) is 1.71. The molecular formula is C11H15Br2ClN2O2S. The lowest BCUT2D eigenvalue weighted by molar-refractivity contribution is 0.274. The molecule has 0 aliphatic carbocycles. The lowest BCUT2D eigenvalue weighted by atomic mass is 10.2. The largest absolute Gasteiger partial charge is 0.313 e. The first-order valence-electron chi connectivity index (χ1n) is 5.48. The molecule has 0 unspecified atom stereocenters. The van der Waals surface area contributed by atoms with Gasteiger partial charge in [-0.3, -0.25) is 0 Å². The van der Waals surface area contributed by atoms with Crippen molar-refractivity contribution < 1.29 is 8.42 Å². The van der Waals surface area contributed by atoms with Crippen molar-refractivity contribution in [2.75, 3.05) is 20.1 Å². The summed E-state index contributed by atoms with van der Waals surface area (Å²) in [6.07, 6.45) is 0. The summed E-state index contributed by atoms with van der Waals surface area (Å²) in [5, 5.41) is 3.07. The van der Waals surface area contributed by atoms with Crippen LogP contribution in [0.15, 0.2) is 26.0 Å². The van der Waals surface area contributed by atoms with Crippen LogP contribution in [0.4, 0.5) is 0 Å². The van der Waals surface area contributed by atoms with Crippen molar-refractivity contribution in [3.05, 3.63) is 26.6 Å². The molecule has 19 heavy (non-hydrogen) atoms. The van der Waals surface area contributed by atoms with Crippen molar-refractivity contribution in [1.82, 2.24) is 9.62 Å². The molecule has 1 saturated heterocycles. The van der Waals surface area contributed by atoms with Crippen LogP contribution in [-0.2, 0) is 10.0 Å². The van der Waals surface area contributed by atoms with Crippen LogP contribution in [-0.4, -0.2) is 38.9 Å². The van der Waals surface area contributed by atoms with E-state index >= 15 is 0 Å². The molecule has 108 valence electrons. The zero-order chi connectivity index (χ0) is 13.5. The number of halogens is 3. The van der Waals surface area contributed by atoms with Gasteiger partial charge in [-0.2, -0.15) is 4.31 Å². The van der Waals surface area contributed by atoms with Crippen LogP contribution < -0.4 is 5.32 Å². The van der Waals surface area contributed by atoms with E-state index in [1.54, 1.807) is 13.1 Å². The second-order valence-corrected chi connectivity index (χ2v) is 8.04. The lowest BCUT2D eigenvalue weighted by Crippen LogP contribution is -2.57. The van der Waals surface area contributed by atoms with E-state index in [-0.39, 0.29) is 18.4 Å². The Morgan fingerprint density at radius 1 is 1.26 bits per heavy atom. The van der Waals surface area contributed by atoms with Crippen LogP contribution in [0.25, 0.3) is 0 Å². The van der Waals surface area contributed by atoms with Gasteiger partial charge in [0.2, 0.25) is 10.0 Å². The Kier molecular flexibility index (Phi) is 5.86. The molecule has 1 fully saturated rings. The van der Waals surface area contributed by atoms with E-state index in [2.05, 4.69) is 37.2 Å². The second kappa shape index (κ2) is 6.41. The molecule has 1 aliphatic rings. The van der Waals surface area contributed by atoms with E-state index in [1.807, 2.05) is 13.0 Å². The quantitative estimate of drug-likeness (QED) is 0.796. The summed E-state index contributed by atoms with van der Waals surface area (Å²) in [6.45, 7) is 3.34. The zero-order valence-electron chi connectivity index (χ0n) is 10.5. The van der Waals surface area contributed by atoms with Gasteiger partial charge in [0.05, 0.1) is 4.90 Å². The fraction of sp³-hybridized carbons (Fsp3) is 0.455. The third-order valence-electron chi connectivity index (χ3n) is 3.14. The molecule has 0 bridgehead atoms. The molecule has 8 heteroatoms. The maximum atomic E-state index is 12.5. The average Bonchev–Trinajstić information content (AvgIpc) is 2.20. The van der Waals surface area contributed by atoms with Crippen molar-refractivity contribution in [2.45, 2.75) is 17.9 Å². The second-order valence-electron chi connectivity index (χ2n) is 4.37. The molecule has 1 N–H and O–H groups in total. The van der Waals surface area contributed by atoms with Crippen LogP contribution in [0.2, 0.25) is 0 Å². The molecule has 4 nitrogen and oxygen atoms in total. The molecule has 1 aromatic carbocycles. The van der Waals surface area contributed by atoms with E-state index < -0.39 is 10.0 Å². The number of rotatable bonds is 3. The Labute approximate surface area is 136 Å². The summed E-state index contributed by atoms with van der Waals surface area (Å²) < 4.78 is 27.8. The number of aryl methyl sites for hydroxylation is 1. The average molecular weight is 435 g/mol. The minimum atomic E-state index is -3.45. The lowest BCUT2D eigenvalue weighted by Gasteiger charge is -2.34. The highest BCUT2D eigenvalue weighted by Gasteiger charge is 2.33. The Morgan fingerprint density at radius 2 is 1.84 bits per heavy atom. The molecule has 0 spiro atoms. The van der Waals surface area contributed by atoms with Gasteiger partial charge in [-0.25, -0.2) is 8.42 Å². The Morgan fingerprint density at radius 3 is 2.32 bits per heavy atom. The predicted molar refractivity (Wildman–Crippen MR) is 85.4 cm³/mol. The third kappa shape index (κ3) is 3.33. The van der Waals surface area contributed by atoms with E-state index in [9.17, 15) is 8.42 Å². The molecule has 2 rings (SSSR count). The van der Waals surface area contributed by atoms with Crippen LogP contribution >= 0.6 is 44.3 Å². The number of sulfonamides is 1. The van der Waals surface area contributed by atoms with Crippen LogP contribution in [0.1, 0.15) is 5.56 Å². The summed E-state index contributed by atoms with van der Waals surface area (Å²) in [7, 11) is -1.83. The molecular weight excluding hydrogens is 419 g/mol. The summed E-state index contributed by atoms with van der Waals surface area (Å²) in [6, 6.07) is 3.50. The topological polar surface area (TPSA) is 49.4 Å². The fourth-order valence-corrected chi connectivity index (χ4v) is 4.70. The van der Waals surface area contributed by atoms with E-state index in [4.69, 9.17) is 0 Å². The SMILES string of the molecule is Cc1cc(Br)c(S(=O)(=O)N(C)C2CNC2)cc1Br.Cl. The van der Waals surface area contributed by atoms with Crippen LogP contribution in [0.3, 0.4) is 0 Å². The number of hydrogen-bond acceptors (Lipinski definition) is 3. The molecule has 1 aromatic rings. The smallest absolute Gasteiger partial charge is 0.244 e. The molecule has 1 aliphatic heterocycles. The van der Waals surface area contributed by atoms with Gasteiger partial charge >= 0.3 is 0 Å². The summed E-state index contributed by atoms with van der Waals surface area (Å²) in [5.74, 6) is 0. The van der Waals surface area contributed by atoms with Gasteiger partial charge in [0.25, 0.3) is 0 Å². The Hall–Kier alpha value is 0.340. The predicted octanol–water partition coefficient (Wildman–Crippen LogP) is 2.53. The minimum absolute atomic E-state index is 0. The van der Waals surface area contributed by atoms with Gasteiger partial charge in [0.15, 0.2) is 0 Å². The first-order valence-corrected chi connectivity index (χ1v) is 8.51. The molecule has 0 aromatic heterocycles. The standard InChI is InChI=1S/C11H14Br2N2O2S.ClH/c1-7-3-10(13)11(4-9(7)12)18(16,17)15(2)8-5-14-6-8;/h3-4,8,14H,5-6H2,1-2H3;1H. The first kappa shape index (κ1) is 17.4. The third-order valence-corrected chi connectivity index (χ3v) is 6.87. The van der Waals surface area contributed by atoms with Gasteiger partial charge in [-0.15, -0.1) is 12.4 Å². The van der Waals surface area contributed by atoms with E-state index in [1.165, 1.54) is 4.31 Å². The van der Waals surface area contributed by atoms with Crippen molar-refractivity contribution in [2.24, 2.45) is 0 Å². The molecule has 0 radical (unpaired) electrons. The van der Waals surface area contributed by atoms with Gasteiger partial charge in [-0.1, -0.05) is 15.9 Å². The maximum Gasteiger partial charge on any atom is 0.244 e. The van der Waals surface area contributed by atoms with E-state index in [0.717, 1.165) is 10.0 Å². The molecule has 0 amide bonds. The molecule has 0 atom stereocenters. The normalized spacial score (nSPS) is 16.1. The van der Waals surface area contributed by atoms with Gasteiger partial charge in [0, 0.05) is 35.1 Å². The number of likely N-dealkylation sites (N-methyl/N-ethyl adjacent to an activating group) is 1. The minimum Gasteiger partial charge on any atom is -0.313 e. The monoisotopic (exact) mass is 432 g/mol. The van der Waals surface area contributed by atoms with Crippen LogP contribution in [0, 0.1) is 6.92 Å². The van der Waals surface area contributed by atoms with Crippen molar-refractivity contribution in [3.63, 3.8) is 0 Å². The van der Waals surface area contributed by atoms with Crippen molar-refractivity contribution in [3.8, 4) is 0 Å². The van der Waals surface area contributed by atoms with Crippen molar-refractivity contribution in [1.29, 1.82) is 0 Å². The first-order chi connectivity index (χ1) is 8.34. The zero-order valence-corrected chi connectivity index (χ0v) is 15.3. The van der Waals surface area contributed by atoms with Crippen LogP contribution in [0.5, 0.6) is 0 Å². The highest BCUT2D eigenvalue weighted by molar-refractivity contribution is 9.11. The van der Waals surface area contributed by atoms with Gasteiger partial charge in [-0.05, 0) is 40.5 Å². The van der Waals surface area contributed by atoms with Gasteiger partial charge in [0.1, 0.15) is 0 Å². The number of benzene rings is 1. The summed E-state index contributed by atoms with van der Waals surface area (Å²) in [4.78, 5) is 0.300. The number of nitrogens with one attached hydrogen (secondary N) is 1. The van der Waals surface area contributed by atoms with E-state index in [0.29, 0.717) is 22.5 Å². The maximum absolute atomic E-state index is 12.5. The van der Waals surface area contributed by atoms with Crippen molar-refractivity contribution >= 4 is 54.3 Å². The summed E-state index contributed by atoms with van der Waals surface area (Å²) >= 11 is 6.71. The number of nitrogens with zero attached hydrogens (tertiary/aromatic N) is 1. The Balaban J connectivity index is 0.00000180.